The van der Waals surface area contributed by atoms with Crippen molar-refractivity contribution >= 4 is 5.97 Å². The fourth-order valence-corrected chi connectivity index (χ4v) is 3.67. The third kappa shape index (κ3) is 7.14. The van der Waals surface area contributed by atoms with E-state index < -0.39 is 18.7 Å². The average molecular weight is 486 g/mol. The molecule has 2 aromatic carbocycles. The van der Waals surface area contributed by atoms with Crippen LogP contribution in [0.2, 0.25) is 0 Å². The van der Waals surface area contributed by atoms with Crippen LogP contribution in [0.4, 0.5) is 22.0 Å². The summed E-state index contributed by atoms with van der Waals surface area (Å²) in [5.41, 5.74) is 2.54. The molecular formula is C24H27F5N2O3. The second-order valence-corrected chi connectivity index (χ2v) is 8.23. The molecule has 0 N–H and O–H groups in total. The minimum absolute atomic E-state index is 0.0343. The highest BCUT2D eigenvalue weighted by Crippen LogP contribution is 2.35. The van der Waals surface area contributed by atoms with Gasteiger partial charge in [-0.05, 0) is 54.9 Å². The quantitative estimate of drug-likeness (QED) is 0.398. The molecule has 0 aliphatic carbocycles. The van der Waals surface area contributed by atoms with Crippen LogP contribution in [0.25, 0.3) is 0 Å². The first-order chi connectivity index (χ1) is 16.1. The number of esters is 1. The van der Waals surface area contributed by atoms with E-state index in [0.29, 0.717) is 12.1 Å². The van der Waals surface area contributed by atoms with E-state index in [1.165, 1.54) is 19.2 Å². The van der Waals surface area contributed by atoms with E-state index in [1.807, 2.05) is 12.1 Å². The van der Waals surface area contributed by atoms with Crippen LogP contribution in [0.5, 0.6) is 5.75 Å². The maximum absolute atomic E-state index is 13.0. The molecule has 3 rings (SSSR count). The summed E-state index contributed by atoms with van der Waals surface area (Å²) in [6.45, 7) is 3.15. The number of hydrogen-bond acceptors (Lipinski definition) is 5. The van der Waals surface area contributed by atoms with Crippen molar-refractivity contribution in [3.63, 3.8) is 0 Å². The molecule has 0 aromatic heterocycles. The lowest BCUT2D eigenvalue weighted by Crippen LogP contribution is -2.41. The molecule has 0 atom stereocenters. The van der Waals surface area contributed by atoms with Gasteiger partial charge in [0.25, 0.3) is 0 Å². The number of alkyl halides is 5. The largest absolute Gasteiger partial charge is 0.487 e. The van der Waals surface area contributed by atoms with E-state index in [0.717, 1.165) is 50.3 Å². The van der Waals surface area contributed by atoms with E-state index in [2.05, 4.69) is 14.5 Å². The smallest absolute Gasteiger partial charge is 0.456 e. The first-order valence-electron chi connectivity index (χ1n) is 10.9. The van der Waals surface area contributed by atoms with Crippen LogP contribution in [-0.2, 0) is 17.8 Å². The highest BCUT2D eigenvalue weighted by atomic mass is 19.4. The summed E-state index contributed by atoms with van der Waals surface area (Å²) < 4.78 is 72.1. The number of nitrogens with zero attached hydrogens (tertiary/aromatic N) is 2. The minimum atomic E-state index is -5.64. The van der Waals surface area contributed by atoms with Crippen molar-refractivity contribution in [1.29, 1.82) is 0 Å². The van der Waals surface area contributed by atoms with Crippen molar-refractivity contribution < 1.29 is 36.2 Å². The maximum atomic E-state index is 13.0. The zero-order valence-corrected chi connectivity index (χ0v) is 18.8. The van der Waals surface area contributed by atoms with E-state index in [1.54, 1.807) is 24.3 Å². The van der Waals surface area contributed by atoms with Gasteiger partial charge in [-0.2, -0.15) is 22.0 Å². The number of benzene rings is 2. The molecule has 10 heteroatoms. The Labute approximate surface area is 195 Å². The molecule has 1 heterocycles. The predicted octanol–water partition coefficient (Wildman–Crippen LogP) is 4.76. The number of rotatable bonds is 8. The molecule has 5 nitrogen and oxygen atoms in total. The van der Waals surface area contributed by atoms with Gasteiger partial charge in [-0.25, -0.2) is 4.79 Å². The molecule has 1 aliphatic rings. The van der Waals surface area contributed by atoms with Crippen LogP contribution < -0.4 is 4.74 Å². The molecule has 1 saturated heterocycles. The second kappa shape index (κ2) is 11.1. The zero-order chi connectivity index (χ0) is 24.8. The number of ether oxygens (including phenoxy) is 2. The van der Waals surface area contributed by atoms with E-state index in [9.17, 15) is 26.7 Å². The monoisotopic (exact) mass is 486 g/mol. The van der Waals surface area contributed by atoms with Gasteiger partial charge in [0, 0.05) is 26.2 Å². The van der Waals surface area contributed by atoms with Gasteiger partial charge in [0.2, 0.25) is 0 Å². The lowest BCUT2D eigenvalue weighted by atomic mass is 10.1. The summed E-state index contributed by atoms with van der Waals surface area (Å²) in [6.07, 6.45) is -4.67. The topological polar surface area (TPSA) is 42.0 Å². The fraction of sp³-hybridized carbons (Fsp3) is 0.458. The summed E-state index contributed by atoms with van der Waals surface area (Å²) in [4.78, 5) is 16.2. The molecule has 0 amide bonds. The highest BCUT2D eigenvalue weighted by molar-refractivity contribution is 5.89. The van der Waals surface area contributed by atoms with Gasteiger partial charge in [0.1, 0.15) is 5.75 Å². The maximum Gasteiger partial charge on any atom is 0.456 e. The van der Waals surface area contributed by atoms with E-state index in [4.69, 9.17) is 4.74 Å². The molecule has 1 fully saturated rings. The van der Waals surface area contributed by atoms with Gasteiger partial charge >= 0.3 is 18.1 Å². The molecular weight excluding hydrogens is 459 g/mol. The Balaban J connectivity index is 1.47. The Morgan fingerprint density at radius 3 is 1.79 bits per heavy atom. The number of methoxy groups -OCH3 is 1. The van der Waals surface area contributed by atoms with Crippen molar-refractivity contribution in [1.82, 2.24) is 9.80 Å². The van der Waals surface area contributed by atoms with Crippen molar-refractivity contribution in [3.8, 4) is 5.75 Å². The third-order valence-corrected chi connectivity index (χ3v) is 5.63. The molecule has 0 bridgehead atoms. The number of halogens is 5. The molecule has 1 aliphatic heterocycles. The average Bonchev–Trinajstić information content (AvgIpc) is 3.03. The Morgan fingerprint density at radius 2 is 1.32 bits per heavy atom. The summed E-state index contributed by atoms with van der Waals surface area (Å²) in [6, 6.07) is 13.5. The first-order valence-corrected chi connectivity index (χ1v) is 10.9. The van der Waals surface area contributed by atoms with Gasteiger partial charge < -0.3 is 9.47 Å². The molecule has 0 spiro atoms. The van der Waals surface area contributed by atoms with Crippen molar-refractivity contribution in [3.05, 3.63) is 65.2 Å². The highest BCUT2D eigenvalue weighted by Gasteiger charge is 2.58. The zero-order valence-electron chi connectivity index (χ0n) is 18.8. The Kier molecular flexibility index (Phi) is 8.48. The van der Waals surface area contributed by atoms with Crippen LogP contribution in [0.1, 0.15) is 27.9 Å². The Bertz CT molecular complexity index is 933. The lowest BCUT2D eigenvalue weighted by molar-refractivity contribution is -0.290. The molecule has 34 heavy (non-hydrogen) atoms. The number of hydrogen-bond donors (Lipinski definition) is 0. The van der Waals surface area contributed by atoms with E-state index in [-0.39, 0.29) is 11.7 Å². The van der Waals surface area contributed by atoms with Crippen molar-refractivity contribution in [2.45, 2.75) is 31.6 Å². The summed E-state index contributed by atoms with van der Waals surface area (Å²) in [5.74, 6) is -5.30. The molecule has 186 valence electrons. The van der Waals surface area contributed by atoms with E-state index >= 15 is 0 Å². The predicted molar refractivity (Wildman–Crippen MR) is 116 cm³/mol. The Hall–Kier alpha value is -2.72. The van der Waals surface area contributed by atoms with Crippen molar-refractivity contribution in [2.24, 2.45) is 0 Å². The third-order valence-electron chi connectivity index (χ3n) is 5.63. The van der Waals surface area contributed by atoms with Crippen LogP contribution in [0.15, 0.2) is 48.5 Å². The fourth-order valence-electron chi connectivity index (χ4n) is 3.67. The number of carbonyl (C=O) groups is 1. The number of carbonyl (C=O) groups excluding carboxylic acids is 1. The van der Waals surface area contributed by atoms with Gasteiger partial charge in [-0.3, -0.25) is 9.80 Å². The second-order valence-electron chi connectivity index (χ2n) is 8.23. The van der Waals surface area contributed by atoms with Crippen molar-refractivity contribution in [2.75, 3.05) is 39.9 Å². The normalized spacial score (nSPS) is 16.2. The lowest BCUT2D eigenvalue weighted by Gasteiger charge is -2.22. The summed E-state index contributed by atoms with van der Waals surface area (Å²) >= 11 is 0. The summed E-state index contributed by atoms with van der Waals surface area (Å²) in [7, 11) is 1.35. The van der Waals surface area contributed by atoms with Crippen LogP contribution in [0, 0.1) is 0 Å². The van der Waals surface area contributed by atoms with Gasteiger partial charge in [0.15, 0.2) is 6.61 Å². The van der Waals surface area contributed by atoms with Gasteiger partial charge in [-0.15, -0.1) is 0 Å². The SMILES string of the molecule is COC(=O)c1ccc(CN2CCCN(Cc3ccc(OCC(F)(F)C(F)(F)F)cc3)CC2)cc1. The Morgan fingerprint density at radius 1 is 0.824 bits per heavy atom. The molecule has 0 radical (unpaired) electrons. The van der Waals surface area contributed by atoms with Gasteiger partial charge in [0.05, 0.1) is 12.7 Å². The first kappa shape index (κ1) is 25.9. The minimum Gasteiger partial charge on any atom is -0.487 e. The van der Waals surface area contributed by atoms with Crippen LogP contribution in [-0.4, -0.2) is 67.8 Å². The van der Waals surface area contributed by atoms with Gasteiger partial charge in [-0.1, -0.05) is 24.3 Å². The van der Waals surface area contributed by atoms with Crippen LogP contribution >= 0.6 is 0 Å². The standard InChI is InChI=1S/C24H27F5N2O3/c1-33-22(32)20-7-3-18(4-8-20)15-30-11-2-12-31(14-13-30)16-19-5-9-21(10-6-19)34-17-23(25,26)24(27,28)29/h3-10H,2,11-17H2,1H3. The molecule has 2 aromatic rings. The summed E-state index contributed by atoms with van der Waals surface area (Å²) in [5, 5.41) is 0. The van der Waals surface area contributed by atoms with Crippen LogP contribution in [0.3, 0.4) is 0 Å². The molecule has 0 saturated carbocycles. The molecule has 0 unspecified atom stereocenters.